The van der Waals surface area contributed by atoms with Crippen molar-refractivity contribution in [3.05, 3.63) is 51.8 Å². The van der Waals surface area contributed by atoms with Crippen molar-refractivity contribution >= 4 is 50.9 Å². The maximum atomic E-state index is 12.9. The summed E-state index contributed by atoms with van der Waals surface area (Å²) in [6.45, 7) is 3.00. The van der Waals surface area contributed by atoms with Crippen LogP contribution in [0.15, 0.2) is 34.7 Å². The van der Waals surface area contributed by atoms with Crippen molar-refractivity contribution in [2.75, 3.05) is 32.1 Å². The van der Waals surface area contributed by atoms with Crippen molar-refractivity contribution < 1.29 is 14.1 Å². The SMILES string of the molecule is Cc1ccc2nc(N(CCN(C)C)C(=O)c3ccc([N+](=O)[O-])o3)sc2c1.Cl. The average Bonchev–Trinajstić information content (AvgIpc) is 3.20. The molecule has 0 aliphatic heterocycles. The second-order valence-corrected chi connectivity index (χ2v) is 7.13. The molecule has 0 saturated heterocycles. The molecule has 0 aliphatic carbocycles. The summed E-state index contributed by atoms with van der Waals surface area (Å²) in [5, 5.41) is 11.3. The first-order chi connectivity index (χ1) is 12.3. The Balaban J connectivity index is 0.00000261. The van der Waals surface area contributed by atoms with E-state index in [0.29, 0.717) is 18.2 Å². The third kappa shape index (κ3) is 4.62. The van der Waals surface area contributed by atoms with Gasteiger partial charge in [-0.25, -0.2) is 4.98 Å². The maximum absolute atomic E-state index is 12.9. The largest absolute Gasteiger partial charge is 0.433 e. The van der Waals surface area contributed by atoms with Crippen molar-refractivity contribution in [3.8, 4) is 0 Å². The fraction of sp³-hybridized carbons (Fsp3) is 0.294. The highest BCUT2D eigenvalue weighted by Crippen LogP contribution is 2.31. The van der Waals surface area contributed by atoms with Gasteiger partial charge < -0.3 is 9.32 Å². The molecule has 2 heterocycles. The van der Waals surface area contributed by atoms with Crippen molar-refractivity contribution in [1.29, 1.82) is 0 Å². The molecule has 8 nitrogen and oxygen atoms in total. The number of carbonyl (C=O) groups is 1. The molecule has 0 unspecified atom stereocenters. The molecule has 0 bridgehead atoms. The number of hydrogen-bond donors (Lipinski definition) is 0. The second kappa shape index (κ2) is 8.47. The van der Waals surface area contributed by atoms with Crippen molar-refractivity contribution in [3.63, 3.8) is 0 Å². The minimum Gasteiger partial charge on any atom is -0.395 e. The van der Waals surface area contributed by atoms with E-state index >= 15 is 0 Å². The second-order valence-electron chi connectivity index (χ2n) is 6.12. The number of halogens is 1. The molecule has 0 saturated carbocycles. The van der Waals surface area contributed by atoms with Crippen molar-refractivity contribution in [1.82, 2.24) is 9.88 Å². The third-order valence-electron chi connectivity index (χ3n) is 3.76. The van der Waals surface area contributed by atoms with E-state index in [9.17, 15) is 14.9 Å². The van der Waals surface area contributed by atoms with Crippen LogP contribution in [0.4, 0.5) is 11.0 Å². The van der Waals surface area contributed by atoms with Crippen LogP contribution < -0.4 is 4.90 Å². The topological polar surface area (TPSA) is 92.7 Å². The Hall–Kier alpha value is -2.49. The van der Waals surface area contributed by atoms with Crippen LogP contribution in [-0.4, -0.2) is 47.9 Å². The van der Waals surface area contributed by atoms with E-state index in [4.69, 9.17) is 4.42 Å². The summed E-state index contributed by atoms with van der Waals surface area (Å²) in [6, 6.07) is 8.40. The minimum absolute atomic E-state index is 0. The molecule has 10 heteroatoms. The van der Waals surface area contributed by atoms with Crippen molar-refractivity contribution in [2.24, 2.45) is 0 Å². The van der Waals surface area contributed by atoms with E-state index in [0.717, 1.165) is 15.8 Å². The highest BCUT2D eigenvalue weighted by atomic mass is 35.5. The Morgan fingerprint density at radius 2 is 2.00 bits per heavy atom. The summed E-state index contributed by atoms with van der Waals surface area (Å²) in [6.07, 6.45) is 0. The zero-order chi connectivity index (χ0) is 18.8. The molecular formula is C17H19ClN4O4S. The number of nitrogens with zero attached hydrogens (tertiary/aromatic N) is 4. The van der Waals surface area contributed by atoms with Gasteiger partial charge in [-0.1, -0.05) is 17.4 Å². The Labute approximate surface area is 166 Å². The molecule has 1 aromatic carbocycles. The lowest BCUT2D eigenvalue weighted by Gasteiger charge is -2.20. The Morgan fingerprint density at radius 1 is 1.26 bits per heavy atom. The van der Waals surface area contributed by atoms with Crippen LogP contribution in [0.2, 0.25) is 0 Å². The van der Waals surface area contributed by atoms with E-state index in [1.165, 1.54) is 28.4 Å². The van der Waals surface area contributed by atoms with Gasteiger partial charge in [0.05, 0.1) is 16.3 Å². The molecule has 144 valence electrons. The molecule has 1 amide bonds. The van der Waals surface area contributed by atoms with Crippen LogP contribution in [0.25, 0.3) is 10.2 Å². The highest BCUT2D eigenvalue weighted by Gasteiger charge is 2.26. The number of furan rings is 1. The summed E-state index contributed by atoms with van der Waals surface area (Å²) in [5.41, 5.74) is 1.92. The number of fused-ring (bicyclic) bond motifs is 1. The molecule has 0 aliphatic rings. The number of thiazole rings is 1. The van der Waals surface area contributed by atoms with E-state index < -0.39 is 16.7 Å². The smallest absolute Gasteiger partial charge is 0.395 e. The minimum atomic E-state index is -0.665. The van der Waals surface area contributed by atoms with Gasteiger partial charge in [-0.2, -0.15) is 0 Å². The average molecular weight is 411 g/mol. The summed E-state index contributed by atoms with van der Waals surface area (Å²) in [7, 11) is 3.81. The Kier molecular flexibility index (Phi) is 6.53. The van der Waals surface area contributed by atoms with Gasteiger partial charge in [-0.3, -0.25) is 19.8 Å². The van der Waals surface area contributed by atoms with Crippen molar-refractivity contribution in [2.45, 2.75) is 6.92 Å². The maximum Gasteiger partial charge on any atom is 0.433 e. The molecule has 0 fully saturated rings. The van der Waals surface area contributed by atoms with E-state index in [1.54, 1.807) is 0 Å². The van der Waals surface area contributed by atoms with Crippen LogP contribution in [0.5, 0.6) is 0 Å². The summed E-state index contributed by atoms with van der Waals surface area (Å²) in [4.78, 5) is 31.0. The van der Waals surface area contributed by atoms with Crippen LogP contribution in [-0.2, 0) is 0 Å². The molecule has 3 rings (SSSR count). The van der Waals surface area contributed by atoms with Gasteiger partial charge >= 0.3 is 5.88 Å². The molecule has 0 atom stereocenters. The standard InChI is InChI=1S/C17H18N4O4S.ClH/c1-11-4-5-12-14(10-11)26-17(18-12)20(9-8-19(2)3)16(22)13-6-7-15(25-13)21(23)24;/h4-7,10H,8-9H2,1-3H3;1H. The summed E-state index contributed by atoms with van der Waals surface area (Å²) in [5.74, 6) is -0.984. The van der Waals surface area contributed by atoms with Gasteiger partial charge in [0.1, 0.15) is 4.92 Å². The first-order valence-electron chi connectivity index (χ1n) is 7.93. The molecule has 2 aromatic heterocycles. The monoisotopic (exact) mass is 410 g/mol. The number of rotatable bonds is 6. The van der Waals surface area contributed by atoms with Gasteiger partial charge in [-0.15, -0.1) is 12.4 Å². The van der Waals surface area contributed by atoms with Crippen LogP contribution >= 0.6 is 23.7 Å². The van der Waals surface area contributed by atoms with E-state index in [1.807, 2.05) is 44.1 Å². The fourth-order valence-electron chi connectivity index (χ4n) is 2.39. The Morgan fingerprint density at radius 3 is 2.63 bits per heavy atom. The van der Waals surface area contributed by atoms with Crippen LogP contribution in [0.3, 0.4) is 0 Å². The summed E-state index contributed by atoms with van der Waals surface area (Å²) < 4.78 is 6.06. The van der Waals surface area contributed by atoms with Crippen LogP contribution in [0.1, 0.15) is 16.1 Å². The first kappa shape index (κ1) is 20.8. The molecule has 0 N–H and O–H groups in total. The zero-order valence-electron chi connectivity index (χ0n) is 15.0. The lowest BCUT2D eigenvalue weighted by atomic mass is 10.2. The van der Waals surface area contributed by atoms with Gasteiger partial charge in [-0.05, 0) is 44.8 Å². The first-order valence-corrected chi connectivity index (χ1v) is 8.75. The molecule has 0 spiro atoms. The number of aryl methyl sites for hydroxylation is 1. The Bertz CT molecular complexity index is 969. The van der Waals surface area contributed by atoms with Gasteiger partial charge in [0, 0.05) is 13.1 Å². The molecular weight excluding hydrogens is 392 g/mol. The number of likely N-dealkylation sites (N-methyl/N-ethyl adjacent to an activating group) is 1. The predicted octanol–water partition coefficient (Wildman–Crippen LogP) is 3.74. The van der Waals surface area contributed by atoms with Gasteiger partial charge in [0.25, 0.3) is 5.91 Å². The number of nitro groups is 1. The predicted molar refractivity (Wildman–Crippen MR) is 107 cm³/mol. The number of amides is 1. The lowest BCUT2D eigenvalue weighted by Crippen LogP contribution is -2.36. The third-order valence-corrected chi connectivity index (χ3v) is 4.80. The zero-order valence-corrected chi connectivity index (χ0v) is 16.7. The molecule has 27 heavy (non-hydrogen) atoms. The van der Waals surface area contributed by atoms with E-state index in [2.05, 4.69) is 4.98 Å². The van der Waals surface area contributed by atoms with Crippen LogP contribution in [0, 0.1) is 17.0 Å². The lowest BCUT2D eigenvalue weighted by molar-refractivity contribution is -0.402. The molecule has 0 radical (unpaired) electrons. The van der Waals surface area contributed by atoms with Gasteiger partial charge in [0.15, 0.2) is 10.9 Å². The quantitative estimate of drug-likeness (QED) is 0.454. The highest BCUT2D eigenvalue weighted by molar-refractivity contribution is 7.22. The fourth-order valence-corrected chi connectivity index (χ4v) is 3.48. The number of benzene rings is 1. The number of aromatic nitrogens is 1. The number of hydrogen-bond acceptors (Lipinski definition) is 7. The van der Waals surface area contributed by atoms with E-state index in [-0.39, 0.29) is 18.2 Å². The summed E-state index contributed by atoms with van der Waals surface area (Å²) >= 11 is 1.41. The molecule has 3 aromatic rings. The normalized spacial score (nSPS) is 10.8. The van der Waals surface area contributed by atoms with Gasteiger partial charge in [0.2, 0.25) is 0 Å². The number of anilines is 1. The number of carbonyl (C=O) groups excluding carboxylic acids is 1.